The minimum absolute atomic E-state index is 0.164. The normalized spacial score (nSPS) is 20.8. The standard InChI is InChI=1S/C30H29NO6S3/c1-6-36-27(33)22-16-30(38-17-23(40-30)28(34)37-7-2)24-20-15-19(35-5)13-14-21(20)31(29(3,4)25(24)39-22)26(32)18-11-9-8-10-12-18/h8-17H,6-7H2,1-5H3/t30-/m1/s1. The van der Waals surface area contributed by atoms with Crippen molar-refractivity contribution < 1.29 is 28.6 Å². The third-order valence-corrected chi connectivity index (χ3v) is 11.0. The van der Waals surface area contributed by atoms with Gasteiger partial charge >= 0.3 is 11.9 Å². The summed E-state index contributed by atoms with van der Waals surface area (Å²) in [5.41, 5.74) is 2.11. The van der Waals surface area contributed by atoms with Gasteiger partial charge in [0.25, 0.3) is 5.91 Å². The molecule has 0 aromatic heterocycles. The number of esters is 2. The summed E-state index contributed by atoms with van der Waals surface area (Å²) in [6.07, 6.45) is 1.88. The van der Waals surface area contributed by atoms with Crippen LogP contribution in [0.25, 0.3) is 5.57 Å². The molecule has 0 aliphatic carbocycles. The molecule has 3 heterocycles. The van der Waals surface area contributed by atoms with Crippen molar-refractivity contribution in [2.75, 3.05) is 25.2 Å². The first-order valence-electron chi connectivity index (χ1n) is 12.8. The van der Waals surface area contributed by atoms with Crippen molar-refractivity contribution in [2.24, 2.45) is 0 Å². The second kappa shape index (κ2) is 11.1. The van der Waals surface area contributed by atoms with Gasteiger partial charge in [0.15, 0.2) is 0 Å². The monoisotopic (exact) mass is 595 g/mol. The highest BCUT2D eigenvalue weighted by molar-refractivity contribution is 8.25. The Bertz CT molecular complexity index is 1480. The molecule has 0 radical (unpaired) electrons. The summed E-state index contributed by atoms with van der Waals surface area (Å²) in [6.45, 7) is 7.97. The molecule has 7 nitrogen and oxygen atoms in total. The van der Waals surface area contributed by atoms with Crippen LogP contribution in [0.5, 0.6) is 5.75 Å². The highest BCUT2D eigenvalue weighted by Crippen LogP contribution is 2.67. The van der Waals surface area contributed by atoms with Crippen LogP contribution in [-0.4, -0.2) is 47.8 Å². The number of thioether (sulfide) groups is 3. The molecule has 0 saturated carbocycles. The van der Waals surface area contributed by atoms with E-state index in [1.165, 1.54) is 35.3 Å². The zero-order valence-corrected chi connectivity index (χ0v) is 25.3. The number of methoxy groups -OCH3 is 1. The lowest BCUT2D eigenvalue weighted by Crippen LogP contribution is -2.53. The van der Waals surface area contributed by atoms with Crippen molar-refractivity contribution in [1.29, 1.82) is 0 Å². The van der Waals surface area contributed by atoms with Gasteiger partial charge in [-0.05, 0) is 69.5 Å². The Balaban J connectivity index is 1.74. The SMILES string of the molecule is CCOC(=O)C1=C[C@]2(SC=C(C(=O)OCC)S2)C2=C(S1)C(C)(C)N(C(=O)c1ccccc1)c1ccc(OC)cc12. The molecule has 5 rings (SSSR count). The van der Waals surface area contributed by atoms with Crippen molar-refractivity contribution in [3.8, 4) is 5.75 Å². The second-order valence-corrected chi connectivity index (χ2v) is 13.3. The van der Waals surface area contributed by atoms with E-state index in [4.69, 9.17) is 14.2 Å². The molecule has 1 amide bonds. The summed E-state index contributed by atoms with van der Waals surface area (Å²) < 4.78 is 15.5. The zero-order valence-electron chi connectivity index (χ0n) is 22.8. The summed E-state index contributed by atoms with van der Waals surface area (Å²) in [5, 5.41) is 1.79. The molecule has 2 aromatic rings. The average molecular weight is 596 g/mol. The van der Waals surface area contributed by atoms with Crippen LogP contribution in [-0.2, 0) is 19.1 Å². The number of benzene rings is 2. The van der Waals surface area contributed by atoms with E-state index in [1.807, 2.05) is 56.3 Å². The predicted molar refractivity (Wildman–Crippen MR) is 162 cm³/mol. The van der Waals surface area contributed by atoms with Crippen LogP contribution in [0.1, 0.15) is 43.6 Å². The van der Waals surface area contributed by atoms with Crippen molar-refractivity contribution in [1.82, 2.24) is 0 Å². The third-order valence-electron chi connectivity index (χ3n) is 6.72. The van der Waals surface area contributed by atoms with Crippen molar-refractivity contribution >= 4 is 64.4 Å². The molecule has 0 saturated heterocycles. The number of amides is 1. The molecule has 208 valence electrons. The average Bonchev–Trinajstić information content (AvgIpc) is 3.37. The number of rotatable bonds is 6. The molecule has 1 atom stereocenters. The van der Waals surface area contributed by atoms with E-state index in [2.05, 4.69) is 0 Å². The summed E-state index contributed by atoms with van der Waals surface area (Å²) in [4.78, 5) is 43.5. The second-order valence-electron chi connectivity index (χ2n) is 9.57. The topological polar surface area (TPSA) is 82.1 Å². The van der Waals surface area contributed by atoms with E-state index in [9.17, 15) is 14.4 Å². The Morgan fingerprint density at radius 3 is 2.25 bits per heavy atom. The summed E-state index contributed by atoms with van der Waals surface area (Å²) in [7, 11) is 1.60. The zero-order chi connectivity index (χ0) is 28.7. The van der Waals surface area contributed by atoms with E-state index in [0.29, 0.717) is 21.1 Å². The minimum atomic E-state index is -0.870. The van der Waals surface area contributed by atoms with Crippen molar-refractivity contribution in [3.05, 3.63) is 85.9 Å². The Kier molecular flexibility index (Phi) is 7.87. The van der Waals surface area contributed by atoms with Gasteiger partial charge in [0.2, 0.25) is 0 Å². The van der Waals surface area contributed by atoms with Gasteiger partial charge < -0.3 is 14.2 Å². The van der Waals surface area contributed by atoms with Gasteiger partial charge in [0, 0.05) is 21.6 Å². The molecule has 0 bridgehead atoms. The van der Waals surface area contributed by atoms with Gasteiger partial charge in [0.05, 0.1) is 36.5 Å². The molecule has 10 heteroatoms. The van der Waals surface area contributed by atoms with Gasteiger partial charge in [-0.2, -0.15) is 0 Å². The molecule has 0 N–H and O–H groups in total. The lowest BCUT2D eigenvalue weighted by Gasteiger charge is -2.49. The maximum absolute atomic E-state index is 14.1. The lowest BCUT2D eigenvalue weighted by molar-refractivity contribution is -0.138. The van der Waals surface area contributed by atoms with Gasteiger partial charge in [-0.25, -0.2) is 9.59 Å². The number of hydrogen-bond donors (Lipinski definition) is 0. The number of fused-ring (bicyclic) bond motifs is 3. The Morgan fingerprint density at radius 2 is 1.60 bits per heavy atom. The molecule has 3 aliphatic heterocycles. The quantitative estimate of drug-likeness (QED) is 0.342. The van der Waals surface area contributed by atoms with E-state index in [-0.39, 0.29) is 19.1 Å². The first kappa shape index (κ1) is 28.4. The van der Waals surface area contributed by atoms with Crippen LogP contribution in [0.2, 0.25) is 0 Å². The number of carbonyl (C=O) groups excluding carboxylic acids is 3. The molecule has 3 aliphatic rings. The number of hydrogen-bond acceptors (Lipinski definition) is 9. The molecule has 1 spiro atoms. The Hall–Kier alpha value is -3.08. The fourth-order valence-electron chi connectivity index (χ4n) is 4.97. The lowest BCUT2D eigenvalue weighted by atomic mass is 9.84. The van der Waals surface area contributed by atoms with Crippen molar-refractivity contribution in [2.45, 2.75) is 37.3 Å². The molecule has 40 heavy (non-hydrogen) atoms. The molecular formula is C30H29NO6S3. The first-order chi connectivity index (χ1) is 19.2. The summed E-state index contributed by atoms with van der Waals surface area (Å²) in [6, 6.07) is 14.8. The van der Waals surface area contributed by atoms with Gasteiger partial charge in [0.1, 0.15) is 14.7 Å². The molecule has 0 unspecified atom stereocenters. The fourth-order valence-corrected chi connectivity index (χ4v) is 9.36. The Morgan fingerprint density at radius 1 is 0.925 bits per heavy atom. The number of anilines is 1. The summed E-state index contributed by atoms with van der Waals surface area (Å²) in [5.74, 6) is -0.394. The highest BCUT2D eigenvalue weighted by Gasteiger charge is 2.54. The minimum Gasteiger partial charge on any atom is -0.497 e. The predicted octanol–water partition coefficient (Wildman–Crippen LogP) is 6.62. The van der Waals surface area contributed by atoms with E-state index < -0.39 is 21.6 Å². The number of nitrogens with zero attached hydrogens (tertiary/aromatic N) is 1. The third kappa shape index (κ3) is 4.76. The van der Waals surface area contributed by atoms with E-state index in [1.54, 1.807) is 43.4 Å². The van der Waals surface area contributed by atoms with Crippen LogP contribution in [0.15, 0.2) is 74.7 Å². The van der Waals surface area contributed by atoms with E-state index in [0.717, 1.165) is 21.7 Å². The van der Waals surface area contributed by atoms with Crippen LogP contribution >= 0.6 is 35.3 Å². The Labute approximate surface area is 246 Å². The maximum atomic E-state index is 14.1. The molecule has 0 fully saturated rings. The van der Waals surface area contributed by atoms with Crippen LogP contribution in [0, 0.1) is 0 Å². The van der Waals surface area contributed by atoms with Gasteiger partial charge in [-0.15, -0.1) is 11.8 Å². The fraction of sp³-hybridized carbons (Fsp3) is 0.300. The summed E-state index contributed by atoms with van der Waals surface area (Å²) >= 11 is 4.09. The van der Waals surface area contributed by atoms with Gasteiger partial charge in [-0.1, -0.05) is 41.7 Å². The maximum Gasteiger partial charge on any atom is 0.345 e. The van der Waals surface area contributed by atoms with E-state index >= 15 is 0 Å². The van der Waals surface area contributed by atoms with Crippen molar-refractivity contribution in [3.63, 3.8) is 0 Å². The number of carbonyl (C=O) groups is 3. The smallest absolute Gasteiger partial charge is 0.345 e. The largest absolute Gasteiger partial charge is 0.497 e. The first-order valence-corrected chi connectivity index (χ1v) is 15.3. The highest BCUT2D eigenvalue weighted by atomic mass is 32.2. The van der Waals surface area contributed by atoms with Crippen LogP contribution in [0.3, 0.4) is 0 Å². The van der Waals surface area contributed by atoms with Gasteiger partial charge in [-0.3, -0.25) is 9.69 Å². The number of ether oxygens (including phenoxy) is 3. The van der Waals surface area contributed by atoms with Crippen LogP contribution in [0.4, 0.5) is 5.69 Å². The van der Waals surface area contributed by atoms with Crippen LogP contribution < -0.4 is 9.64 Å². The molecule has 2 aromatic carbocycles. The molecular weight excluding hydrogens is 567 g/mol.